The summed E-state index contributed by atoms with van der Waals surface area (Å²) in [6, 6.07) is 18.6. The number of hydrazone groups is 1. The van der Waals surface area contributed by atoms with Crippen molar-refractivity contribution in [1.29, 1.82) is 0 Å². The van der Waals surface area contributed by atoms with Gasteiger partial charge in [-0.25, -0.2) is 13.4 Å². The summed E-state index contributed by atoms with van der Waals surface area (Å²) >= 11 is 1.40. The number of benzene rings is 2. The number of anilines is 1. The molecule has 30 heavy (non-hydrogen) atoms. The van der Waals surface area contributed by atoms with E-state index in [1.807, 2.05) is 54.8 Å². The van der Waals surface area contributed by atoms with E-state index >= 15 is 0 Å². The van der Waals surface area contributed by atoms with Crippen LogP contribution in [0, 0.1) is 6.92 Å². The maximum Gasteiger partial charge on any atom is 0.284 e. The first-order valence-electron chi connectivity index (χ1n) is 9.39. The Bertz CT molecular complexity index is 1180. The number of sulfonamides is 1. The van der Waals surface area contributed by atoms with Crippen molar-refractivity contribution in [2.45, 2.75) is 19.4 Å². The van der Waals surface area contributed by atoms with E-state index in [-0.39, 0.29) is 11.9 Å². The lowest BCUT2D eigenvalue weighted by atomic mass is 9.97. The van der Waals surface area contributed by atoms with E-state index in [4.69, 9.17) is 0 Å². The number of hydrogen-bond acceptors (Lipinski definition) is 5. The largest absolute Gasteiger partial charge is 0.284 e. The maximum absolute atomic E-state index is 13.1. The smallest absolute Gasteiger partial charge is 0.284 e. The SMILES string of the molecule is Cc1ccc([C@@H]2CC(c3ccc(NS(C)(=O)=O)cc3)=NN2C(=O)c2cccs2)cc1. The lowest BCUT2D eigenvalue weighted by molar-refractivity contribution is 0.0716. The van der Waals surface area contributed by atoms with Crippen LogP contribution in [0.3, 0.4) is 0 Å². The van der Waals surface area contributed by atoms with E-state index in [9.17, 15) is 13.2 Å². The van der Waals surface area contributed by atoms with Crippen molar-refractivity contribution in [3.63, 3.8) is 0 Å². The zero-order valence-electron chi connectivity index (χ0n) is 16.6. The second kappa shape index (κ2) is 8.04. The summed E-state index contributed by atoms with van der Waals surface area (Å²) in [4.78, 5) is 13.7. The summed E-state index contributed by atoms with van der Waals surface area (Å²) in [5, 5.41) is 8.11. The highest BCUT2D eigenvalue weighted by molar-refractivity contribution is 7.92. The lowest BCUT2D eigenvalue weighted by Gasteiger charge is -2.21. The minimum atomic E-state index is -3.33. The number of thiophene rings is 1. The molecule has 4 rings (SSSR count). The predicted octanol–water partition coefficient (Wildman–Crippen LogP) is 4.42. The second-order valence-corrected chi connectivity index (χ2v) is 9.95. The van der Waals surface area contributed by atoms with Gasteiger partial charge >= 0.3 is 0 Å². The highest BCUT2D eigenvalue weighted by Gasteiger charge is 2.34. The van der Waals surface area contributed by atoms with Crippen LogP contribution in [0.25, 0.3) is 0 Å². The van der Waals surface area contributed by atoms with Gasteiger partial charge in [0.2, 0.25) is 10.0 Å². The van der Waals surface area contributed by atoms with Crippen LogP contribution in [0.2, 0.25) is 0 Å². The van der Waals surface area contributed by atoms with Gasteiger partial charge in [0.05, 0.1) is 22.9 Å². The molecule has 1 aliphatic rings. The summed E-state index contributed by atoms with van der Waals surface area (Å²) < 4.78 is 25.3. The highest BCUT2D eigenvalue weighted by Crippen LogP contribution is 2.34. The molecule has 1 aliphatic heterocycles. The summed E-state index contributed by atoms with van der Waals surface area (Å²) in [5.74, 6) is -0.124. The zero-order valence-corrected chi connectivity index (χ0v) is 18.2. The Hall–Kier alpha value is -2.97. The topological polar surface area (TPSA) is 78.8 Å². The van der Waals surface area contributed by atoms with Crippen LogP contribution in [-0.2, 0) is 10.0 Å². The van der Waals surface area contributed by atoms with Crippen molar-refractivity contribution >= 4 is 38.7 Å². The van der Waals surface area contributed by atoms with Crippen molar-refractivity contribution in [3.05, 3.63) is 87.6 Å². The molecule has 154 valence electrons. The molecule has 0 radical (unpaired) electrons. The molecule has 1 atom stereocenters. The molecular formula is C22H21N3O3S2. The molecule has 0 saturated heterocycles. The fraction of sp³-hybridized carbons (Fsp3) is 0.182. The predicted molar refractivity (Wildman–Crippen MR) is 120 cm³/mol. The van der Waals surface area contributed by atoms with Gasteiger partial charge in [-0.2, -0.15) is 5.10 Å². The number of nitrogens with one attached hydrogen (secondary N) is 1. The van der Waals surface area contributed by atoms with E-state index in [2.05, 4.69) is 9.82 Å². The van der Waals surface area contributed by atoms with Gasteiger partial charge < -0.3 is 0 Å². The van der Waals surface area contributed by atoms with Crippen LogP contribution < -0.4 is 4.72 Å². The quantitative estimate of drug-likeness (QED) is 0.639. The van der Waals surface area contributed by atoms with Crippen molar-refractivity contribution < 1.29 is 13.2 Å². The summed E-state index contributed by atoms with van der Waals surface area (Å²) in [6.07, 6.45) is 1.70. The molecule has 8 heteroatoms. The number of nitrogens with zero attached hydrogens (tertiary/aromatic N) is 2. The molecule has 6 nitrogen and oxygen atoms in total. The number of hydrogen-bond donors (Lipinski definition) is 1. The molecule has 1 aromatic heterocycles. The molecule has 1 N–H and O–H groups in total. The number of carbonyl (C=O) groups excluding carboxylic acids is 1. The Morgan fingerprint density at radius 1 is 1.10 bits per heavy atom. The van der Waals surface area contributed by atoms with Gasteiger partial charge in [-0.15, -0.1) is 11.3 Å². The van der Waals surface area contributed by atoms with Crippen molar-refractivity contribution in [2.75, 3.05) is 11.0 Å². The minimum Gasteiger partial charge on any atom is -0.284 e. The average Bonchev–Trinajstić information content (AvgIpc) is 3.38. The van der Waals surface area contributed by atoms with E-state index in [1.165, 1.54) is 11.3 Å². The number of aryl methyl sites for hydroxylation is 1. The van der Waals surface area contributed by atoms with Crippen LogP contribution >= 0.6 is 11.3 Å². The Kier molecular flexibility index (Phi) is 5.44. The van der Waals surface area contributed by atoms with Gasteiger partial charge in [0, 0.05) is 12.1 Å². The number of carbonyl (C=O) groups is 1. The third kappa shape index (κ3) is 4.44. The van der Waals surface area contributed by atoms with Crippen LogP contribution in [0.1, 0.15) is 38.8 Å². The van der Waals surface area contributed by atoms with Gasteiger partial charge in [0.25, 0.3) is 5.91 Å². The standard InChI is InChI=1S/C22H21N3O3S2/c1-15-5-7-17(8-6-15)20-14-19(23-25(20)22(26)21-4-3-13-29-21)16-9-11-18(12-10-16)24-30(2,27)28/h3-13,20,24H,14H2,1-2H3/t20-/m0/s1. The summed E-state index contributed by atoms with van der Waals surface area (Å²) in [5.41, 5.74) is 4.31. The molecule has 0 unspecified atom stereocenters. The molecule has 2 heterocycles. The second-order valence-electron chi connectivity index (χ2n) is 7.26. The monoisotopic (exact) mass is 439 g/mol. The fourth-order valence-corrected chi connectivity index (χ4v) is 4.60. The molecule has 2 aromatic carbocycles. The van der Waals surface area contributed by atoms with Crippen LogP contribution in [-0.4, -0.2) is 31.3 Å². The fourth-order valence-electron chi connectivity index (χ4n) is 3.38. The lowest BCUT2D eigenvalue weighted by Crippen LogP contribution is -2.26. The zero-order chi connectivity index (χ0) is 21.3. The summed E-state index contributed by atoms with van der Waals surface area (Å²) in [6.45, 7) is 2.03. The van der Waals surface area contributed by atoms with E-state index in [0.717, 1.165) is 28.7 Å². The third-order valence-corrected chi connectivity index (χ3v) is 6.30. The Balaban J connectivity index is 1.66. The van der Waals surface area contributed by atoms with Gasteiger partial charge in [-0.3, -0.25) is 9.52 Å². The van der Waals surface area contributed by atoms with Gasteiger partial charge in [0.1, 0.15) is 0 Å². The van der Waals surface area contributed by atoms with Crippen LogP contribution in [0.15, 0.2) is 71.1 Å². The van der Waals surface area contributed by atoms with Gasteiger partial charge in [0.15, 0.2) is 0 Å². The molecule has 0 spiro atoms. The van der Waals surface area contributed by atoms with Crippen molar-refractivity contribution in [3.8, 4) is 0 Å². The number of amides is 1. The van der Waals surface area contributed by atoms with Crippen molar-refractivity contribution in [1.82, 2.24) is 5.01 Å². The van der Waals surface area contributed by atoms with E-state index < -0.39 is 10.0 Å². The molecule has 0 fully saturated rings. The Labute approximate surface area is 179 Å². The highest BCUT2D eigenvalue weighted by atomic mass is 32.2. The molecule has 0 bridgehead atoms. The molecule has 0 saturated carbocycles. The normalized spacial score (nSPS) is 16.4. The van der Waals surface area contributed by atoms with E-state index in [0.29, 0.717) is 17.0 Å². The Morgan fingerprint density at radius 3 is 2.40 bits per heavy atom. The summed E-state index contributed by atoms with van der Waals surface area (Å²) in [7, 11) is -3.33. The average molecular weight is 440 g/mol. The molecule has 0 aliphatic carbocycles. The minimum absolute atomic E-state index is 0.124. The molecular weight excluding hydrogens is 418 g/mol. The van der Waals surface area contributed by atoms with E-state index in [1.54, 1.807) is 23.2 Å². The maximum atomic E-state index is 13.1. The first-order valence-corrected chi connectivity index (χ1v) is 12.2. The van der Waals surface area contributed by atoms with Crippen LogP contribution in [0.5, 0.6) is 0 Å². The van der Waals surface area contributed by atoms with Crippen molar-refractivity contribution in [2.24, 2.45) is 5.10 Å². The van der Waals surface area contributed by atoms with Gasteiger partial charge in [-0.1, -0.05) is 48.0 Å². The Morgan fingerprint density at radius 2 is 1.80 bits per heavy atom. The molecule has 3 aromatic rings. The molecule has 1 amide bonds. The van der Waals surface area contributed by atoms with Gasteiger partial charge in [-0.05, 0) is 41.6 Å². The number of rotatable bonds is 5. The third-order valence-electron chi connectivity index (χ3n) is 4.83. The van der Waals surface area contributed by atoms with Crippen LogP contribution in [0.4, 0.5) is 5.69 Å². The first-order chi connectivity index (χ1) is 14.3. The first kappa shape index (κ1) is 20.3.